The first-order valence-electron chi connectivity index (χ1n) is 16.0. The summed E-state index contributed by atoms with van der Waals surface area (Å²) < 4.78 is 5.00. The van der Waals surface area contributed by atoms with Crippen molar-refractivity contribution in [1.82, 2.24) is 19.6 Å². The molecule has 234 valence electrons. The largest absolute Gasteiger partial charge is 0.508 e. The van der Waals surface area contributed by atoms with Crippen molar-refractivity contribution < 1.29 is 19.4 Å². The van der Waals surface area contributed by atoms with E-state index < -0.39 is 0 Å². The topological polar surface area (TPSA) is 76.6 Å². The lowest BCUT2D eigenvalue weighted by Crippen LogP contribution is -2.57. The molecule has 2 saturated heterocycles. The molecular weight excluding hydrogens is 540 g/mol. The normalized spacial score (nSPS) is 21.0. The molecule has 2 fully saturated rings. The van der Waals surface area contributed by atoms with E-state index in [1.807, 2.05) is 42.2 Å². The molecule has 0 saturated carbocycles. The van der Waals surface area contributed by atoms with Crippen LogP contribution in [0.2, 0.25) is 0 Å². The minimum absolute atomic E-state index is 0.0721. The van der Waals surface area contributed by atoms with Crippen LogP contribution < -0.4 is 0 Å². The highest BCUT2D eigenvalue weighted by Crippen LogP contribution is 2.35. The molecule has 2 aliphatic heterocycles. The van der Waals surface area contributed by atoms with Gasteiger partial charge in [-0.2, -0.15) is 0 Å². The van der Waals surface area contributed by atoms with Crippen molar-refractivity contribution in [1.29, 1.82) is 0 Å². The Morgan fingerprint density at radius 3 is 2.40 bits per heavy atom. The second-order valence-corrected chi connectivity index (χ2v) is 12.0. The number of hydrogen-bond acceptors (Lipinski definition) is 7. The molecule has 8 nitrogen and oxygen atoms in total. The van der Waals surface area contributed by atoms with E-state index in [2.05, 4.69) is 53.3 Å². The van der Waals surface area contributed by atoms with E-state index in [0.29, 0.717) is 37.7 Å². The summed E-state index contributed by atoms with van der Waals surface area (Å²) in [4.78, 5) is 34.6. The van der Waals surface area contributed by atoms with Crippen LogP contribution in [0.25, 0.3) is 0 Å². The summed E-state index contributed by atoms with van der Waals surface area (Å²) in [6.07, 6.45) is 5.37. The van der Waals surface area contributed by atoms with Crippen molar-refractivity contribution in [3.8, 4) is 5.75 Å². The fourth-order valence-corrected chi connectivity index (χ4v) is 6.49. The number of phenolic OH excluding ortho intramolecular Hbond substituents is 1. The van der Waals surface area contributed by atoms with Gasteiger partial charge in [-0.1, -0.05) is 36.8 Å². The number of rotatable bonds is 13. The van der Waals surface area contributed by atoms with E-state index in [0.717, 1.165) is 69.7 Å². The maximum Gasteiger partial charge on any atom is 0.305 e. The van der Waals surface area contributed by atoms with Gasteiger partial charge in [-0.25, -0.2) is 0 Å². The third-order valence-electron chi connectivity index (χ3n) is 8.81. The van der Waals surface area contributed by atoms with Crippen molar-refractivity contribution in [3.05, 3.63) is 77.9 Å². The molecule has 2 aromatic rings. The monoisotopic (exact) mass is 590 g/mol. The molecule has 2 aromatic carbocycles. The number of nitrogens with zero attached hydrogens (tertiary/aromatic N) is 4. The number of carbonyl (C=O) groups is 2. The summed E-state index contributed by atoms with van der Waals surface area (Å²) in [5.74, 6) is 0.211. The maximum absolute atomic E-state index is 13.7. The number of benzene rings is 2. The highest BCUT2D eigenvalue weighted by Gasteiger charge is 2.35. The zero-order valence-electron chi connectivity index (χ0n) is 26.3. The Balaban J connectivity index is 1.41. The van der Waals surface area contributed by atoms with Gasteiger partial charge in [-0.05, 0) is 75.5 Å². The number of phenols is 1. The average Bonchev–Trinajstić information content (AvgIpc) is 3.00. The molecule has 8 heteroatoms. The lowest BCUT2D eigenvalue weighted by atomic mass is 9.92. The average molecular weight is 591 g/mol. The van der Waals surface area contributed by atoms with Gasteiger partial charge in [-0.15, -0.1) is 6.58 Å². The number of carbonyl (C=O) groups excluding carboxylic acids is 2. The van der Waals surface area contributed by atoms with E-state index in [1.54, 1.807) is 6.07 Å². The number of amides is 1. The van der Waals surface area contributed by atoms with Crippen molar-refractivity contribution in [2.75, 3.05) is 59.0 Å². The van der Waals surface area contributed by atoms with E-state index in [1.165, 1.54) is 0 Å². The molecule has 1 N–H and O–H groups in total. The zero-order chi connectivity index (χ0) is 30.8. The molecule has 1 unspecified atom stereocenters. The first kappa shape index (κ1) is 32.7. The first-order chi connectivity index (χ1) is 20.8. The van der Waals surface area contributed by atoms with Gasteiger partial charge in [-0.3, -0.25) is 24.3 Å². The van der Waals surface area contributed by atoms with Crippen LogP contribution in [0.4, 0.5) is 0 Å². The molecule has 43 heavy (non-hydrogen) atoms. The van der Waals surface area contributed by atoms with Crippen molar-refractivity contribution in [2.24, 2.45) is 0 Å². The Morgan fingerprint density at radius 2 is 1.70 bits per heavy atom. The summed E-state index contributed by atoms with van der Waals surface area (Å²) >= 11 is 0. The third-order valence-corrected chi connectivity index (χ3v) is 8.81. The molecular formula is C35H50N4O4. The molecule has 0 aliphatic carbocycles. The predicted molar refractivity (Wildman–Crippen MR) is 171 cm³/mol. The Kier molecular flexibility index (Phi) is 12.2. The number of ether oxygens (including phenoxy) is 1. The molecule has 0 bridgehead atoms. The zero-order valence-corrected chi connectivity index (χ0v) is 26.3. The molecule has 0 spiro atoms. The summed E-state index contributed by atoms with van der Waals surface area (Å²) in [7, 11) is 0. The minimum Gasteiger partial charge on any atom is -0.508 e. The van der Waals surface area contributed by atoms with Gasteiger partial charge >= 0.3 is 5.97 Å². The quantitative estimate of drug-likeness (QED) is 0.201. The minimum atomic E-state index is -0.109. The Bertz CT molecular complexity index is 1210. The number of piperazine rings is 2. The maximum atomic E-state index is 13.7. The van der Waals surface area contributed by atoms with Gasteiger partial charge in [0.25, 0.3) is 5.91 Å². The third kappa shape index (κ3) is 8.91. The fourth-order valence-electron chi connectivity index (χ4n) is 6.49. The highest BCUT2D eigenvalue weighted by molar-refractivity contribution is 5.94. The summed E-state index contributed by atoms with van der Waals surface area (Å²) in [6, 6.07) is 16.2. The molecule has 0 radical (unpaired) electrons. The van der Waals surface area contributed by atoms with Crippen LogP contribution in [-0.2, 0) is 9.53 Å². The Labute approximate surface area is 257 Å². The van der Waals surface area contributed by atoms with Crippen LogP contribution in [0, 0.1) is 0 Å². The van der Waals surface area contributed by atoms with Gasteiger partial charge in [0.2, 0.25) is 0 Å². The fraction of sp³-hybridized carbons (Fsp3) is 0.543. The number of hydrogen-bond donors (Lipinski definition) is 1. The van der Waals surface area contributed by atoms with Gasteiger partial charge in [0.15, 0.2) is 0 Å². The summed E-state index contributed by atoms with van der Waals surface area (Å²) in [5.41, 5.74) is 2.80. The summed E-state index contributed by atoms with van der Waals surface area (Å²) in [5, 5.41) is 10.4. The Morgan fingerprint density at radius 1 is 0.977 bits per heavy atom. The molecule has 3 atom stereocenters. The second kappa shape index (κ2) is 16.0. The van der Waals surface area contributed by atoms with Gasteiger partial charge in [0, 0.05) is 69.9 Å². The second-order valence-electron chi connectivity index (χ2n) is 12.0. The standard InChI is InChI=1S/C35H50N4O4/c1-5-17-38-25-28(4)39(26-27(38)3)34(30-13-11-15-32(40)24-30)29-12-10-14-31(23-29)35(42)37-21-19-36(20-22-37)18-9-7-8-16-33(41)43-6-2/h5,10-15,23-24,27-28,34,40H,1,6-9,16-22,25-26H2,2-4H3/t27-,28-,34?/m1/s1. The van der Waals surface area contributed by atoms with E-state index in [4.69, 9.17) is 4.74 Å². The molecule has 1 amide bonds. The number of unbranched alkanes of at least 4 members (excludes halogenated alkanes) is 2. The molecule has 0 aromatic heterocycles. The van der Waals surface area contributed by atoms with Crippen molar-refractivity contribution in [2.45, 2.75) is 64.6 Å². The van der Waals surface area contributed by atoms with Crippen molar-refractivity contribution >= 4 is 11.9 Å². The van der Waals surface area contributed by atoms with E-state index >= 15 is 0 Å². The summed E-state index contributed by atoms with van der Waals surface area (Å²) in [6.45, 7) is 17.5. The Hall–Kier alpha value is -3.20. The van der Waals surface area contributed by atoms with E-state index in [9.17, 15) is 14.7 Å². The lowest BCUT2D eigenvalue weighted by molar-refractivity contribution is -0.143. The molecule has 4 rings (SSSR count). The van der Waals surface area contributed by atoms with Gasteiger partial charge in [0.05, 0.1) is 12.6 Å². The number of aromatic hydroxyl groups is 1. The predicted octanol–water partition coefficient (Wildman–Crippen LogP) is 4.94. The van der Waals surface area contributed by atoms with Gasteiger partial charge in [0.1, 0.15) is 5.75 Å². The van der Waals surface area contributed by atoms with Gasteiger partial charge < -0.3 is 14.7 Å². The van der Waals surface area contributed by atoms with Crippen LogP contribution in [0.5, 0.6) is 5.75 Å². The molecule has 2 aliphatic rings. The smallest absolute Gasteiger partial charge is 0.305 e. The molecule has 2 heterocycles. The van der Waals surface area contributed by atoms with Crippen LogP contribution in [0.3, 0.4) is 0 Å². The van der Waals surface area contributed by atoms with Crippen molar-refractivity contribution in [3.63, 3.8) is 0 Å². The lowest BCUT2D eigenvalue weighted by Gasteiger charge is -2.47. The first-order valence-corrected chi connectivity index (χ1v) is 16.0. The highest BCUT2D eigenvalue weighted by atomic mass is 16.5. The number of esters is 1. The van der Waals surface area contributed by atoms with Crippen LogP contribution in [0.1, 0.15) is 74.0 Å². The van der Waals surface area contributed by atoms with Crippen LogP contribution in [-0.4, -0.2) is 108 Å². The van der Waals surface area contributed by atoms with Crippen LogP contribution >= 0.6 is 0 Å². The van der Waals surface area contributed by atoms with Crippen LogP contribution in [0.15, 0.2) is 61.2 Å². The SMILES string of the molecule is C=CCN1C[C@@H](C)N(C(c2cccc(O)c2)c2cccc(C(=O)N3CCN(CCCCCC(=O)OCC)CC3)c2)C[C@H]1C. The van der Waals surface area contributed by atoms with E-state index in [-0.39, 0.29) is 29.7 Å².